The van der Waals surface area contributed by atoms with Crippen LogP contribution in [0.1, 0.15) is 11.3 Å². The molecule has 19 heavy (non-hydrogen) atoms. The third-order valence-electron chi connectivity index (χ3n) is 2.35. The third-order valence-corrected chi connectivity index (χ3v) is 2.35. The summed E-state index contributed by atoms with van der Waals surface area (Å²) < 4.78 is 43.8. The van der Waals surface area contributed by atoms with Crippen molar-refractivity contribution in [1.82, 2.24) is 9.97 Å². The monoisotopic (exact) mass is 269 g/mol. The van der Waals surface area contributed by atoms with Crippen molar-refractivity contribution in [3.05, 3.63) is 41.9 Å². The minimum absolute atomic E-state index is 0.00976. The number of hydrogen-bond donors (Lipinski definition) is 1. The second-order valence-electron chi connectivity index (χ2n) is 3.80. The number of anilines is 1. The number of nitrogens with two attached hydrogens (primary N) is 1. The number of ether oxygens (including phenoxy) is 1. The van der Waals surface area contributed by atoms with E-state index in [-0.39, 0.29) is 17.3 Å². The zero-order valence-electron chi connectivity index (χ0n) is 9.90. The van der Waals surface area contributed by atoms with Crippen molar-refractivity contribution >= 4 is 5.69 Å². The average Bonchev–Trinajstić information content (AvgIpc) is 2.33. The number of benzene rings is 1. The molecule has 0 atom stereocenters. The summed E-state index contributed by atoms with van der Waals surface area (Å²) in [5.74, 6) is -0.330. The van der Waals surface area contributed by atoms with Gasteiger partial charge in [0.2, 0.25) is 5.88 Å². The normalized spacial score (nSPS) is 11.4. The lowest BCUT2D eigenvalue weighted by atomic mass is 10.1. The molecule has 1 aromatic carbocycles. The molecule has 0 fully saturated rings. The van der Waals surface area contributed by atoms with Gasteiger partial charge in [0.25, 0.3) is 0 Å². The van der Waals surface area contributed by atoms with Crippen LogP contribution in [0, 0.1) is 6.92 Å². The van der Waals surface area contributed by atoms with Crippen molar-refractivity contribution in [2.24, 2.45) is 0 Å². The Balaban J connectivity index is 2.44. The Labute approximate surface area is 107 Å². The molecule has 2 N–H and O–H groups in total. The van der Waals surface area contributed by atoms with Gasteiger partial charge in [0.05, 0.1) is 5.69 Å². The molecule has 0 aliphatic heterocycles. The molecular formula is C12H10F3N3O. The fourth-order valence-electron chi connectivity index (χ4n) is 1.46. The minimum atomic E-state index is -4.55. The zero-order chi connectivity index (χ0) is 14.0. The molecule has 100 valence electrons. The Hall–Kier alpha value is -2.31. The van der Waals surface area contributed by atoms with Crippen LogP contribution in [-0.4, -0.2) is 9.97 Å². The van der Waals surface area contributed by atoms with Crippen LogP contribution in [0.15, 0.2) is 30.6 Å². The van der Waals surface area contributed by atoms with Gasteiger partial charge in [-0.1, -0.05) is 0 Å². The van der Waals surface area contributed by atoms with Crippen LogP contribution >= 0.6 is 0 Å². The van der Waals surface area contributed by atoms with Crippen LogP contribution in [0.5, 0.6) is 11.6 Å². The number of nitrogens with zero attached hydrogens (tertiary/aromatic N) is 2. The zero-order valence-corrected chi connectivity index (χ0v) is 9.90. The molecule has 2 aromatic rings. The van der Waals surface area contributed by atoms with Gasteiger partial charge in [-0.05, 0) is 25.1 Å². The van der Waals surface area contributed by atoms with E-state index in [1.165, 1.54) is 18.5 Å². The van der Waals surface area contributed by atoms with E-state index in [4.69, 9.17) is 10.5 Å². The van der Waals surface area contributed by atoms with E-state index in [0.717, 1.165) is 12.1 Å². The molecule has 0 amide bonds. The average molecular weight is 269 g/mol. The van der Waals surface area contributed by atoms with E-state index in [9.17, 15) is 13.2 Å². The van der Waals surface area contributed by atoms with Gasteiger partial charge >= 0.3 is 6.18 Å². The molecule has 0 unspecified atom stereocenters. The van der Waals surface area contributed by atoms with Gasteiger partial charge in [-0.3, -0.25) is 4.98 Å². The van der Waals surface area contributed by atoms with Gasteiger partial charge in [0.1, 0.15) is 11.3 Å². The summed E-state index contributed by atoms with van der Waals surface area (Å²) in [5.41, 5.74) is 4.82. The second-order valence-corrected chi connectivity index (χ2v) is 3.80. The number of hydrogen-bond acceptors (Lipinski definition) is 4. The molecule has 1 aromatic heterocycles. The van der Waals surface area contributed by atoms with E-state index in [2.05, 4.69) is 9.97 Å². The molecule has 4 nitrogen and oxygen atoms in total. The Morgan fingerprint density at radius 1 is 1.16 bits per heavy atom. The Bertz CT molecular complexity index is 599. The smallest absolute Gasteiger partial charge is 0.420 e. The summed E-state index contributed by atoms with van der Waals surface area (Å²) in [5, 5.41) is 0. The highest BCUT2D eigenvalue weighted by atomic mass is 19.4. The lowest BCUT2D eigenvalue weighted by Gasteiger charge is -2.14. The molecule has 0 spiro atoms. The molecule has 0 saturated heterocycles. The van der Waals surface area contributed by atoms with Crippen LogP contribution < -0.4 is 10.5 Å². The first-order chi connectivity index (χ1) is 8.88. The predicted octanol–water partition coefficient (Wildman–Crippen LogP) is 3.18. The highest BCUT2D eigenvalue weighted by molar-refractivity contribution is 5.50. The first kappa shape index (κ1) is 13.1. The Morgan fingerprint density at radius 3 is 2.47 bits per heavy atom. The molecule has 0 radical (unpaired) electrons. The lowest BCUT2D eigenvalue weighted by molar-refractivity contribution is -0.138. The third kappa shape index (κ3) is 2.93. The second kappa shape index (κ2) is 4.75. The van der Waals surface area contributed by atoms with Gasteiger partial charge in [-0.25, -0.2) is 4.98 Å². The fraction of sp³-hybridized carbons (Fsp3) is 0.167. The van der Waals surface area contributed by atoms with Gasteiger partial charge in [0.15, 0.2) is 0 Å². The quantitative estimate of drug-likeness (QED) is 0.850. The maximum Gasteiger partial charge on any atom is 0.420 e. The number of halogens is 3. The van der Waals surface area contributed by atoms with Crippen LogP contribution in [0.2, 0.25) is 0 Å². The van der Waals surface area contributed by atoms with E-state index in [1.807, 2.05) is 0 Å². The summed E-state index contributed by atoms with van der Waals surface area (Å²) in [6.07, 6.45) is -1.79. The topological polar surface area (TPSA) is 61.0 Å². The SMILES string of the molecule is Cc1nccnc1Oc1ccc(N)cc1C(F)(F)F. The van der Waals surface area contributed by atoms with Crippen molar-refractivity contribution < 1.29 is 17.9 Å². The van der Waals surface area contributed by atoms with Crippen molar-refractivity contribution in [2.45, 2.75) is 13.1 Å². The molecule has 0 saturated carbocycles. The number of alkyl halides is 3. The predicted molar refractivity (Wildman–Crippen MR) is 62.7 cm³/mol. The van der Waals surface area contributed by atoms with E-state index < -0.39 is 11.7 Å². The standard InChI is InChI=1S/C12H10F3N3O/c1-7-11(18-5-4-17-7)19-10-3-2-8(16)6-9(10)12(13,14)15/h2-6H,16H2,1H3. The first-order valence-electron chi connectivity index (χ1n) is 5.30. The number of aromatic nitrogens is 2. The molecular weight excluding hydrogens is 259 g/mol. The molecule has 2 rings (SSSR count). The van der Waals surface area contributed by atoms with Crippen molar-refractivity contribution in [1.29, 1.82) is 0 Å². The molecule has 7 heteroatoms. The maximum absolute atomic E-state index is 12.9. The van der Waals surface area contributed by atoms with E-state index in [1.54, 1.807) is 6.92 Å². The number of nitrogen functional groups attached to an aromatic ring is 1. The molecule has 0 aliphatic rings. The number of aryl methyl sites for hydroxylation is 1. The Kier molecular flexibility index (Phi) is 3.28. The van der Waals surface area contributed by atoms with E-state index >= 15 is 0 Å². The van der Waals surface area contributed by atoms with Gasteiger partial charge in [-0.2, -0.15) is 13.2 Å². The maximum atomic E-state index is 12.9. The van der Waals surface area contributed by atoms with Crippen LogP contribution in [0.25, 0.3) is 0 Å². The lowest BCUT2D eigenvalue weighted by Crippen LogP contribution is -2.08. The van der Waals surface area contributed by atoms with Gasteiger partial charge < -0.3 is 10.5 Å². The van der Waals surface area contributed by atoms with Crippen molar-refractivity contribution in [3.63, 3.8) is 0 Å². The summed E-state index contributed by atoms with van der Waals surface area (Å²) in [6.45, 7) is 1.59. The number of rotatable bonds is 2. The van der Waals surface area contributed by atoms with Crippen LogP contribution in [-0.2, 0) is 6.18 Å². The molecule has 0 aliphatic carbocycles. The van der Waals surface area contributed by atoms with Gasteiger partial charge in [-0.15, -0.1) is 0 Å². The van der Waals surface area contributed by atoms with Crippen molar-refractivity contribution in [2.75, 3.05) is 5.73 Å². The summed E-state index contributed by atoms with van der Waals surface area (Å²) >= 11 is 0. The first-order valence-corrected chi connectivity index (χ1v) is 5.30. The largest absolute Gasteiger partial charge is 0.437 e. The summed E-state index contributed by atoms with van der Waals surface area (Å²) in [4.78, 5) is 7.73. The van der Waals surface area contributed by atoms with E-state index in [0.29, 0.717) is 5.69 Å². The van der Waals surface area contributed by atoms with Crippen LogP contribution in [0.3, 0.4) is 0 Å². The molecule has 0 bridgehead atoms. The van der Waals surface area contributed by atoms with Crippen LogP contribution in [0.4, 0.5) is 18.9 Å². The highest BCUT2D eigenvalue weighted by Crippen LogP contribution is 2.39. The summed E-state index contributed by atoms with van der Waals surface area (Å²) in [6, 6.07) is 3.31. The molecule has 1 heterocycles. The minimum Gasteiger partial charge on any atom is -0.437 e. The van der Waals surface area contributed by atoms with Crippen molar-refractivity contribution in [3.8, 4) is 11.6 Å². The highest BCUT2D eigenvalue weighted by Gasteiger charge is 2.35. The Morgan fingerprint density at radius 2 is 1.84 bits per heavy atom. The fourth-order valence-corrected chi connectivity index (χ4v) is 1.46. The summed E-state index contributed by atoms with van der Waals surface area (Å²) in [7, 11) is 0. The van der Waals surface area contributed by atoms with Gasteiger partial charge in [0, 0.05) is 18.1 Å².